The topological polar surface area (TPSA) is 69.7 Å². The zero-order valence-electron chi connectivity index (χ0n) is 15.2. The molecule has 0 bridgehead atoms. The van der Waals surface area contributed by atoms with Crippen LogP contribution in [0.15, 0.2) is 42.6 Å². The van der Waals surface area contributed by atoms with E-state index < -0.39 is 5.97 Å². The van der Waals surface area contributed by atoms with Gasteiger partial charge in [0.1, 0.15) is 17.1 Å². The number of carbonyl (C=O) groups excluding carboxylic acids is 1. The van der Waals surface area contributed by atoms with Gasteiger partial charge in [-0.15, -0.1) is 0 Å². The molecule has 27 heavy (non-hydrogen) atoms. The largest absolute Gasteiger partial charge is 0.497 e. The third kappa shape index (κ3) is 3.90. The average Bonchev–Trinajstić information content (AvgIpc) is 2.68. The van der Waals surface area contributed by atoms with Crippen LogP contribution in [0.1, 0.15) is 17.3 Å². The molecular formula is C20H19ClN2O4. The molecule has 1 N–H and O–H groups in total. The molecule has 0 radical (unpaired) electrons. The van der Waals surface area contributed by atoms with Crippen LogP contribution in [0.4, 0.5) is 11.4 Å². The lowest BCUT2D eigenvalue weighted by Crippen LogP contribution is -2.09. The Bertz CT molecular complexity index is 991. The summed E-state index contributed by atoms with van der Waals surface area (Å²) in [7, 11) is 3.15. The molecule has 3 rings (SSSR count). The fourth-order valence-corrected chi connectivity index (χ4v) is 2.88. The summed E-state index contributed by atoms with van der Waals surface area (Å²) in [5.74, 6) is 0.765. The van der Waals surface area contributed by atoms with Gasteiger partial charge in [0.2, 0.25) is 0 Å². The van der Waals surface area contributed by atoms with Gasteiger partial charge in [-0.25, -0.2) is 4.79 Å². The van der Waals surface area contributed by atoms with Gasteiger partial charge < -0.3 is 19.5 Å². The summed E-state index contributed by atoms with van der Waals surface area (Å²) >= 11 is 6.18. The van der Waals surface area contributed by atoms with Crippen LogP contribution < -0.4 is 14.8 Å². The number of hydrogen-bond donors (Lipinski definition) is 1. The van der Waals surface area contributed by atoms with Gasteiger partial charge in [-0.3, -0.25) is 4.98 Å². The van der Waals surface area contributed by atoms with Crippen LogP contribution >= 0.6 is 11.6 Å². The summed E-state index contributed by atoms with van der Waals surface area (Å²) < 4.78 is 15.9. The Hall–Kier alpha value is -2.99. The molecule has 7 heteroatoms. The maximum atomic E-state index is 12.5. The number of aromatic nitrogens is 1. The minimum Gasteiger partial charge on any atom is -0.497 e. The molecule has 1 heterocycles. The minimum absolute atomic E-state index is 0.258. The van der Waals surface area contributed by atoms with Crippen LogP contribution in [0.25, 0.3) is 10.9 Å². The SMILES string of the molecule is CCOC(=O)c1cnc2ccc(Cl)cc2c1Nc1cc(OC)ccc1OC. The molecule has 1 aromatic heterocycles. The molecule has 0 aliphatic heterocycles. The van der Waals surface area contributed by atoms with E-state index in [1.165, 1.54) is 6.20 Å². The van der Waals surface area contributed by atoms with Crippen molar-refractivity contribution >= 4 is 39.8 Å². The van der Waals surface area contributed by atoms with Crippen molar-refractivity contribution in [2.45, 2.75) is 6.92 Å². The Morgan fingerprint density at radius 2 is 1.96 bits per heavy atom. The molecule has 6 nitrogen and oxygen atoms in total. The predicted octanol–water partition coefficient (Wildman–Crippen LogP) is 4.83. The second-order valence-corrected chi connectivity index (χ2v) is 6.06. The molecule has 0 saturated heterocycles. The van der Waals surface area contributed by atoms with E-state index in [1.807, 2.05) is 0 Å². The van der Waals surface area contributed by atoms with E-state index in [0.29, 0.717) is 44.4 Å². The Morgan fingerprint density at radius 3 is 2.67 bits per heavy atom. The normalized spacial score (nSPS) is 10.5. The first-order valence-electron chi connectivity index (χ1n) is 8.31. The van der Waals surface area contributed by atoms with Crippen LogP contribution in [-0.2, 0) is 4.74 Å². The fraction of sp³-hybridized carbons (Fsp3) is 0.200. The number of carbonyl (C=O) groups is 1. The quantitative estimate of drug-likeness (QED) is 0.612. The van der Waals surface area contributed by atoms with E-state index in [4.69, 9.17) is 25.8 Å². The van der Waals surface area contributed by atoms with Crippen LogP contribution in [0.5, 0.6) is 11.5 Å². The van der Waals surface area contributed by atoms with Gasteiger partial charge in [0.25, 0.3) is 0 Å². The maximum absolute atomic E-state index is 12.5. The minimum atomic E-state index is -0.476. The number of hydrogen-bond acceptors (Lipinski definition) is 6. The van der Waals surface area contributed by atoms with Crippen LogP contribution in [0.2, 0.25) is 5.02 Å². The number of nitrogens with zero attached hydrogens (tertiary/aromatic N) is 1. The van der Waals surface area contributed by atoms with Crippen molar-refractivity contribution in [3.8, 4) is 11.5 Å². The molecule has 0 fully saturated rings. The fourth-order valence-electron chi connectivity index (χ4n) is 2.71. The number of anilines is 2. The summed E-state index contributed by atoms with van der Waals surface area (Å²) in [5.41, 5.74) is 2.16. The van der Waals surface area contributed by atoms with E-state index in [-0.39, 0.29) is 6.61 Å². The van der Waals surface area contributed by atoms with E-state index >= 15 is 0 Å². The smallest absolute Gasteiger partial charge is 0.341 e. The number of benzene rings is 2. The number of nitrogens with one attached hydrogen (secondary N) is 1. The van der Waals surface area contributed by atoms with Crippen LogP contribution in [0.3, 0.4) is 0 Å². The Kier molecular flexibility index (Phi) is 5.66. The van der Waals surface area contributed by atoms with Gasteiger partial charge in [0.05, 0.1) is 37.7 Å². The first-order valence-corrected chi connectivity index (χ1v) is 8.69. The molecule has 0 aliphatic rings. The molecule has 2 aromatic carbocycles. The van der Waals surface area contributed by atoms with Crippen molar-refractivity contribution in [3.05, 3.63) is 53.2 Å². The zero-order chi connectivity index (χ0) is 19.4. The van der Waals surface area contributed by atoms with Crippen molar-refractivity contribution in [1.29, 1.82) is 0 Å². The summed E-state index contributed by atoms with van der Waals surface area (Å²) in [5, 5.41) is 4.50. The van der Waals surface area contributed by atoms with Gasteiger partial charge in [-0.2, -0.15) is 0 Å². The summed E-state index contributed by atoms with van der Waals surface area (Å²) in [6, 6.07) is 10.6. The second kappa shape index (κ2) is 8.14. The monoisotopic (exact) mass is 386 g/mol. The standard InChI is InChI=1S/C20H19ClN2O4/c1-4-27-20(24)15-11-22-16-7-5-12(21)9-14(16)19(15)23-17-10-13(25-2)6-8-18(17)26-3/h5-11H,4H2,1-3H3,(H,22,23). The number of methoxy groups -OCH3 is 2. The van der Waals surface area contributed by atoms with Crippen molar-refractivity contribution in [3.63, 3.8) is 0 Å². The molecule has 140 valence electrons. The van der Waals surface area contributed by atoms with Gasteiger partial charge in [-0.1, -0.05) is 11.6 Å². The summed E-state index contributed by atoms with van der Waals surface area (Å²) in [6.07, 6.45) is 1.49. The molecule has 0 saturated carbocycles. The second-order valence-electron chi connectivity index (χ2n) is 5.62. The molecule has 0 atom stereocenters. The van der Waals surface area contributed by atoms with Crippen molar-refractivity contribution in [1.82, 2.24) is 4.98 Å². The van der Waals surface area contributed by atoms with Gasteiger partial charge in [0, 0.05) is 22.7 Å². The Morgan fingerprint density at radius 1 is 1.15 bits per heavy atom. The Labute approximate surface area is 162 Å². The summed E-state index contributed by atoms with van der Waals surface area (Å²) in [4.78, 5) is 16.8. The molecule has 0 unspecified atom stereocenters. The molecule has 0 aliphatic carbocycles. The zero-order valence-corrected chi connectivity index (χ0v) is 16.0. The highest BCUT2D eigenvalue weighted by Gasteiger charge is 2.18. The van der Waals surface area contributed by atoms with Crippen molar-refractivity contribution in [2.24, 2.45) is 0 Å². The van der Waals surface area contributed by atoms with Crippen molar-refractivity contribution in [2.75, 3.05) is 26.1 Å². The van der Waals surface area contributed by atoms with Crippen LogP contribution in [-0.4, -0.2) is 31.8 Å². The number of esters is 1. The third-order valence-corrected chi connectivity index (χ3v) is 4.23. The lowest BCUT2D eigenvalue weighted by molar-refractivity contribution is 0.0527. The molecule has 3 aromatic rings. The number of halogens is 1. The highest BCUT2D eigenvalue weighted by Crippen LogP contribution is 2.36. The third-order valence-electron chi connectivity index (χ3n) is 3.99. The predicted molar refractivity (Wildman–Crippen MR) is 106 cm³/mol. The lowest BCUT2D eigenvalue weighted by Gasteiger charge is -2.17. The molecule has 0 amide bonds. The van der Waals surface area contributed by atoms with Gasteiger partial charge in [0.15, 0.2) is 0 Å². The highest BCUT2D eigenvalue weighted by molar-refractivity contribution is 6.31. The van der Waals surface area contributed by atoms with Gasteiger partial charge >= 0.3 is 5.97 Å². The average molecular weight is 387 g/mol. The first kappa shape index (κ1) is 18.8. The van der Waals surface area contributed by atoms with E-state index in [9.17, 15) is 4.79 Å². The highest BCUT2D eigenvalue weighted by atomic mass is 35.5. The summed E-state index contributed by atoms with van der Waals surface area (Å²) in [6.45, 7) is 2.01. The molecular weight excluding hydrogens is 368 g/mol. The number of pyridine rings is 1. The lowest BCUT2D eigenvalue weighted by atomic mass is 10.1. The van der Waals surface area contributed by atoms with E-state index in [1.54, 1.807) is 57.5 Å². The Balaban J connectivity index is 2.20. The van der Waals surface area contributed by atoms with E-state index in [2.05, 4.69) is 10.3 Å². The number of fused-ring (bicyclic) bond motifs is 1. The maximum Gasteiger partial charge on any atom is 0.341 e. The molecule has 0 spiro atoms. The van der Waals surface area contributed by atoms with Crippen molar-refractivity contribution < 1.29 is 19.0 Å². The first-order chi connectivity index (χ1) is 13.1. The number of rotatable bonds is 6. The van der Waals surface area contributed by atoms with E-state index in [0.717, 1.165) is 0 Å². The number of ether oxygens (including phenoxy) is 3. The van der Waals surface area contributed by atoms with Gasteiger partial charge in [-0.05, 0) is 37.3 Å². The van der Waals surface area contributed by atoms with Crippen LogP contribution in [0, 0.1) is 0 Å².